The normalized spacial score (nSPS) is 29.0. The van der Waals surface area contributed by atoms with Crippen molar-refractivity contribution in [2.45, 2.75) is 57.7 Å². The summed E-state index contributed by atoms with van der Waals surface area (Å²) >= 11 is 2.37. The summed E-state index contributed by atoms with van der Waals surface area (Å²) in [7, 11) is 0. The Hall–Kier alpha value is -0.260. The molecule has 2 rings (SSSR count). The van der Waals surface area contributed by atoms with Crippen LogP contribution in [0.15, 0.2) is 9.66 Å². The highest BCUT2D eigenvalue weighted by atomic mass is 127. The number of rotatable bonds is 0. The Morgan fingerprint density at radius 2 is 2.19 bits per heavy atom. The molecule has 1 fully saturated rings. The molecule has 2 bridgehead atoms. The van der Waals surface area contributed by atoms with Gasteiger partial charge in [-0.1, -0.05) is 6.08 Å². The minimum atomic E-state index is -0.398. The molecule has 0 radical (unpaired) electrons. The third-order valence-electron chi connectivity index (χ3n) is 2.95. The average molecular weight is 335 g/mol. The average Bonchev–Trinajstić information content (AvgIpc) is 2.36. The first-order chi connectivity index (χ1) is 7.37. The minimum absolute atomic E-state index is 0.153. The van der Waals surface area contributed by atoms with Crippen molar-refractivity contribution >= 4 is 28.7 Å². The maximum Gasteiger partial charge on any atom is 0.411 e. The van der Waals surface area contributed by atoms with E-state index in [9.17, 15) is 4.79 Å². The number of carbonyl (C=O) groups is 1. The molecule has 0 aromatic rings. The van der Waals surface area contributed by atoms with Gasteiger partial charge in [0.05, 0.1) is 6.04 Å². The van der Waals surface area contributed by atoms with Crippen LogP contribution in [0.3, 0.4) is 0 Å². The zero-order valence-electron chi connectivity index (χ0n) is 10.00. The van der Waals surface area contributed by atoms with Gasteiger partial charge in [-0.05, 0) is 66.2 Å². The molecular weight excluding hydrogens is 317 g/mol. The number of fused-ring (bicyclic) bond motifs is 2. The molecule has 0 aromatic heterocycles. The molecule has 2 aliphatic heterocycles. The second-order valence-corrected chi connectivity index (χ2v) is 6.89. The van der Waals surface area contributed by atoms with Crippen LogP contribution in [0.25, 0.3) is 0 Å². The van der Waals surface area contributed by atoms with Crippen LogP contribution < -0.4 is 0 Å². The highest BCUT2D eigenvalue weighted by molar-refractivity contribution is 14.1. The SMILES string of the molecule is CC(C)(C)OC(=O)N1C2C=C(I)CC1CC2. The third-order valence-corrected chi connectivity index (χ3v) is 3.75. The highest BCUT2D eigenvalue weighted by Crippen LogP contribution is 2.37. The van der Waals surface area contributed by atoms with E-state index in [-0.39, 0.29) is 12.1 Å². The first kappa shape index (κ1) is 12.2. The maximum atomic E-state index is 12.1. The van der Waals surface area contributed by atoms with Gasteiger partial charge in [-0.3, -0.25) is 4.90 Å². The van der Waals surface area contributed by atoms with Crippen molar-refractivity contribution in [2.24, 2.45) is 0 Å². The molecule has 0 aliphatic carbocycles. The van der Waals surface area contributed by atoms with Crippen molar-refractivity contribution in [2.75, 3.05) is 0 Å². The van der Waals surface area contributed by atoms with Gasteiger partial charge >= 0.3 is 6.09 Å². The Kier molecular flexibility index (Phi) is 3.20. The topological polar surface area (TPSA) is 29.5 Å². The van der Waals surface area contributed by atoms with Crippen molar-refractivity contribution in [3.8, 4) is 0 Å². The number of hydrogen-bond donors (Lipinski definition) is 0. The summed E-state index contributed by atoms with van der Waals surface area (Å²) in [5, 5.41) is 0. The van der Waals surface area contributed by atoms with Crippen molar-refractivity contribution < 1.29 is 9.53 Å². The lowest BCUT2D eigenvalue weighted by molar-refractivity contribution is 0.0171. The molecule has 4 heteroatoms. The fraction of sp³-hybridized carbons (Fsp3) is 0.750. The van der Waals surface area contributed by atoms with Crippen molar-refractivity contribution in [1.29, 1.82) is 0 Å². The molecule has 1 saturated heterocycles. The number of nitrogens with zero attached hydrogens (tertiary/aromatic N) is 1. The zero-order valence-corrected chi connectivity index (χ0v) is 12.2. The lowest BCUT2D eigenvalue weighted by Crippen LogP contribution is -2.45. The van der Waals surface area contributed by atoms with E-state index in [0.29, 0.717) is 6.04 Å². The molecule has 2 heterocycles. The second-order valence-electron chi connectivity index (χ2n) is 5.50. The summed E-state index contributed by atoms with van der Waals surface area (Å²) in [6.45, 7) is 5.74. The van der Waals surface area contributed by atoms with E-state index in [2.05, 4.69) is 28.7 Å². The summed E-state index contributed by atoms with van der Waals surface area (Å²) in [5.41, 5.74) is -0.398. The molecule has 1 amide bonds. The van der Waals surface area contributed by atoms with E-state index >= 15 is 0 Å². The van der Waals surface area contributed by atoms with Crippen LogP contribution in [0.5, 0.6) is 0 Å². The third kappa shape index (κ3) is 2.52. The van der Waals surface area contributed by atoms with Gasteiger partial charge in [0.2, 0.25) is 0 Å². The van der Waals surface area contributed by atoms with Gasteiger partial charge in [0.25, 0.3) is 0 Å². The second kappa shape index (κ2) is 4.20. The lowest BCUT2D eigenvalue weighted by Gasteiger charge is -2.34. The monoisotopic (exact) mass is 335 g/mol. The standard InChI is InChI=1S/C12H18INO2/c1-12(2,3)16-11(15)14-9-4-5-10(14)7-8(13)6-9/h6,9-10H,4-5,7H2,1-3H3. The number of ether oxygens (including phenoxy) is 1. The molecule has 2 aliphatic rings. The molecule has 90 valence electrons. The molecule has 2 atom stereocenters. The smallest absolute Gasteiger partial charge is 0.411 e. The summed E-state index contributed by atoms with van der Waals surface area (Å²) in [6.07, 6.45) is 5.23. The largest absolute Gasteiger partial charge is 0.444 e. The number of carbonyl (C=O) groups excluding carboxylic acids is 1. The van der Waals surface area contributed by atoms with Crippen LogP contribution in [0, 0.1) is 0 Å². The van der Waals surface area contributed by atoms with E-state index in [1.807, 2.05) is 25.7 Å². The molecule has 0 spiro atoms. The summed E-state index contributed by atoms with van der Waals surface area (Å²) in [6, 6.07) is 0.622. The predicted molar refractivity (Wildman–Crippen MR) is 71.6 cm³/mol. The number of halogens is 1. The van der Waals surface area contributed by atoms with Gasteiger partial charge < -0.3 is 4.74 Å². The maximum absolute atomic E-state index is 12.1. The molecule has 0 N–H and O–H groups in total. The van der Waals surface area contributed by atoms with E-state index in [4.69, 9.17) is 4.74 Å². The fourth-order valence-corrected chi connectivity index (χ4v) is 3.30. The van der Waals surface area contributed by atoms with E-state index in [0.717, 1.165) is 19.3 Å². The van der Waals surface area contributed by atoms with Gasteiger partial charge in [-0.25, -0.2) is 4.79 Å². The molecule has 3 nitrogen and oxygen atoms in total. The van der Waals surface area contributed by atoms with Crippen LogP contribution in [0.4, 0.5) is 4.79 Å². The zero-order chi connectivity index (χ0) is 11.9. The van der Waals surface area contributed by atoms with Crippen LogP contribution >= 0.6 is 22.6 Å². The van der Waals surface area contributed by atoms with Crippen molar-refractivity contribution in [3.05, 3.63) is 9.66 Å². The van der Waals surface area contributed by atoms with E-state index in [1.54, 1.807) is 0 Å². The molecular formula is C12H18INO2. The quantitative estimate of drug-likeness (QED) is 0.635. The van der Waals surface area contributed by atoms with Crippen molar-refractivity contribution in [3.63, 3.8) is 0 Å². The molecule has 16 heavy (non-hydrogen) atoms. The molecule has 0 aromatic carbocycles. The first-order valence-corrected chi connectivity index (χ1v) is 6.82. The highest BCUT2D eigenvalue weighted by Gasteiger charge is 2.40. The summed E-state index contributed by atoms with van der Waals surface area (Å²) in [4.78, 5) is 14.0. The summed E-state index contributed by atoms with van der Waals surface area (Å²) in [5.74, 6) is 0. The number of hydrogen-bond acceptors (Lipinski definition) is 2. The van der Waals surface area contributed by atoms with Crippen LogP contribution in [0.2, 0.25) is 0 Å². The van der Waals surface area contributed by atoms with Crippen LogP contribution in [0.1, 0.15) is 40.0 Å². The van der Waals surface area contributed by atoms with Crippen LogP contribution in [-0.2, 0) is 4.74 Å². The molecule has 0 saturated carbocycles. The van der Waals surface area contributed by atoms with E-state index in [1.165, 1.54) is 3.58 Å². The summed E-state index contributed by atoms with van der Waals surface area (Å²) < 4.78 is 6.83. The predicted octanol–water partition coefficient (Wildman–Crippen LogP) is 3.48. The Morgan fingerprint density at radius 1 is 1.50 bits per heavy atom. The van der Waals surface area contributed by atoms with Gasteiger partial charge in [-0.2, -0.15) is 0 Å². The van der Waals surface area contributed by atoms with Gasteiger partial charge in [0.1, 0.15) is 5.60 Å². The Morgan fingerprint density at radius 3 is 2.75 bits per heavy atom. The Bertz CT molecular complexity index is 332. The first-order valence-electron chi connectivity index (χ1n) is 5.74. The minimum Gasteiger partial charge on any atom is -0.444 e. The Balaban J connectivity index is 2.09. The molecule has 2 unspecified atom stereocenters. The lowest BCUT2D eigenvalue weighted by atomic mass is 10.1. The van der Waals surface area contributed by atoms with E-state index < -0.39 is 5.60 Å². The van der Waals surface area contributed by atoms with Crippen molar-refractivity contribution in [1.82, 2.24) is 4.90 Å². The van der Waals surface area contributed by atoms with Gasteiger partial charge in [0, 0.05) is 6.04 Å². The van der Waals surface area contributed by atoms with Crippen LogP contribution in [-0.4, -0.2) is 28.7 Å². The number of amides is 1. The Labute approximate surface area is 110 Å². The fourth-order valence-electron chi connectivity index (χ4n) is 2.38. The van der Waals surface area contributed by atoms with Gasteiger partial charge in [-0.15, -0.1) is 0 Å². The van der Waals surface area contributed by atoms with Gasteiger partial charge in [0.15, 0.2) is 0 Å².